The van der Waals surface area contributed by atoms with Gasteiger partial charge in [-0.3, -0.25) is 9.69 Å². The number of rotatable bonds is 5. The van der Waals surface area contributed by atoms with Crippen molar-refractivity contribution in [2.75, 3.05) is 18.2 Å². The molecule has 1 heterocycles. The number of benzene rings is 2. The first-order valence-corrected chi connectivity index (χ1v) is 10.0. The number of halogens is 2. The Morgan fingerprint density at radius 2 is 2.00 bits per heavy atom. The molecular formula is C20H18F2N2OS2. The first kappa shape index (κ1) is 15.8. The molecule has 0 aliphatic rings. The van der Waals surface area contributed by atoms with E-state index >= 15 is 0 Å². The lowest BCUT2D eigenvalue weighted by atomic mass is 10.0. The first-order chi connectivity index (χ1) is 14.1. The number of aryl methyl sites for hydroxylation is 1. The van der Waals surface area contributed by atoms with Gasteiger partial charge in [-0.25, -0.2) is 13.8 Å². The zero-order valence-electron chi connectivity index (χ0n) is 17.6. The highest BCUT2D eigenvalue weighted by Gasteiger charge is 2.17. The Morgan fingerprint density at radius 3 is 2.63 bits per heavy atom. The van der Waals surface area contributed by atoms with Crippen LogP contribution in [0.4, 0.5) is 13.9 Å². The van der Waals surface area contributed by atoms with Crippen molar-refractivity contribution in [2.24, 2.45) is 0 Å². The van der Waals surface area contributed by atoms with Crippen molar-refractivity contribution < 1.29 is 17.7 Å². The molecule has 140 valence electrons. The number of thiazole rings is 1. The molecule has 0 unspecified atom stereocenters. The van der Waals surface area contributed by atoms with E-state index in [1.165, 1.54) is 16.7 Å². The Bertz CT molecular complexity index is 1070. The third-order valence-corrected chi connectivity index (χ3v) is 6.22. The van der Waals surface area contributed by atoms with Gasteiger partial charge < -0.3 is 0 Å². The number of hydrogen-bond donors (Lipinski definition) is 0. The van der Waals surface area contributed by atoms with E-state index in [2.05, 4.69) is 4.98 Å². The lowest BCUT2D eigenvalue weighted by Crippen LogP contribution is -2.27. The number of carbonyl (C=O) groups excluding carboxylic acids is 1. The molecule has 0 saturated heterocycles. The number of carbonyl (C=O) groups is 1. The third kappa shape index (κ3) is 4.36. The molecular weight excluding hydrogens is 386 g/mol. The Labute approximate surface area is 169 Å². The van der Waals surface area contributed by atoms with Gasteiger partial charge in [0.1, 0.15) is 11.6 Å². The van der Waals surface area contributed by atoms with E-state index in [9.17, 15) is 13.6 Å². The van der Waals surface area contributed by atoms with Crippen molar-refractivity contribution in [1.82, 2.24) is 4.98 Å². The summed E-state index contributed by atoms with van der Waals surface area (Å²) in [5.74, 6) is -1.33. The normalized spacial score (nSPS) is 13.0. The molecule has 27 heavy (non-hydrogen) atoms. The van der Waals surface area contributed by atoms with Gasteiger partial charge in [0.05, 0.1) is 16.3 Å². The topological polar surface area (TPSA) is 33.2 Å². The average Bonchev–Trinajstić information content (AvgIpc) is 3.15. The zero-order chi connectivity index (χ0) is 22.1. The van der Waals surface area contributed by atoms with Crippen LogP contribution < -0.4 is 4.90 Å². The molecule has 1 amide bonds. The Balaban J connectivity index is 1.76. The second-order valence-electron chi connectivity index (χ2n) is 5.79. The smallest absolute Gasteiger partial charge is 0.232 e. The Kier molecular flexibility index (Phi) is 4.78. The molecule has 0 aliphatic carbocycles. The Morgan fingerprint density at radius 1 is 1.26 bits per heavy atom. The minimum Gasteiger partial charge on any atom is -0.291 e. The molecule has 0 spiro atoms. The molecule has 0 fully saturated rings. The van der Waals surface area contributed by atoms with E-state index in [0.29, 0.717) is 20.5 Å². The van der Waals surface area contributed by atoms with Crippen molar-refractivity contribution >= 4 is 34.1 Å². The molecule has 3 nitrogen and oxygen atoms in total. The van der Waals surface area contributed by atoms with Crippen LogP contribution in [0.2, 0.25) is 0 Å². The summed E-state index contributed by atoms with van der Waals surface area (Å²) in [7, 11) is 1.55. The number of aromatic nitrogens is 1. The van der Waals surface area contributed by atoms with Crippen molar-refractivity contribution in [1.29, 1.82) is 0 Å². The summed E-state index contributed by atoms with van der Waals surface area (Å²) in [5, 5.41) is 0.314. The number of nitrogens with zero attached hydrogens (tertiary/aromatic N) is 2. The maximum absolute atomic E-state index is 13.9. The summed E-state index contributed by atoms with van der Waals surface area (Å²) >= 11 is 2.43. The molecule has 0 atom stereocenters. The van der Waals surface area contributed by atoms with Gasteiger partial charge in [-0.1, -0.05) is 35.6 Å². The van der Waals surface area contributed by atoms with E-state index in [1.54, 1.807) is 37.6 Å². The molecule has 3 rings (SSSR count). The van der Waals surface area contributed by atoms with Gasteiger partial charge in [-0.15, -0.1) is 11.8 Å². The predicted molar refractivity (Wildman–Crippen MR) is 108 cm³/mol. The molecule has 0 radical (unpaired) electrons. The summed E-state index contributed by atoms with van der Waals surface area (Å²) in [6, 6.07) is 9.85. The van der Waals surface area contributed by atoms with Crippen LogP contribution in [0.25, 0.3) is 11.1 Å². The van der Waals surface area contributed by atoms with E-state index < -0.39 is 18.5 Å². The van der Waals surface area contributed by atoms with Gasteiger partial charge in [0.2, 0.25) is 5.91 Å². The van der Waals surface area contributed by atoms with Gasteiger partial charge in [-0.05, 0) is 42.4 Å². The highest BCUT2D eigenvalue weighted by atomic mass is 32.2. The largest absolute Gasteiger partial charge is 0.291 e. The standard InChI is InChI=1S/C20H18F2N2OS2/c1-12-19(26-3)27-20(23-12)24(2)18(25)10-13-4-6-14(7-5-13)16-11-15(21)8-9-17(16)22/h4-9,11H,10H2,1-3H3/i1D3. The van der Waals surface area contributed by atoms with E-state index in [0.717, 1.165) is 29.5 Å². The number of thioether (sulfide) groups is 1. The molecule has 0 aliphatic heterocycles. The monoisotopic (exact) mass is 407 g/mol. The van der Waals surface area contributed by atoms with Crippen LogP contribution in [-0.4, -0.2) is 24.2 Å². The van der Waals surface area contributed by atoms with Gasteiger partial charge in [0, 0.05) is 16.7 Å². The second kappa shape index (κ2) is 8.19. The van der Waals surface area contributed by atoms with Crippen molar-refractivity contribution in [3.63, 3.8) is 0 Å². The van der Waals surface area contributed by atoms with Gasteiger partial charge in [-0.2, -0.15) is 0 Å². The van der Waals surface area contributed by atoms with E-state index in [4.69, 9.17) is 4.11 Å². The van der Waals surface area contributed by atoms with Crippen molar-refractivity contribution in [3.8, 4) is 11.1 Å². The molecule has 0 bridgehead atoms. The van der Waals surface area contributed by atoms with Crippen LogP contribution in [0.1, 0.15) is 15.4 Å². The van der Waals surface area contributed by atoms with Crippen molar-refractivity contribution in [2.45, 2.75) is 17.5 Å². The van der Waals surface area contributed by atoms with E-state index in [1.807, 2.05) is 0 Å². The lowest BCUT2D eigenvalue weighted by Gasteiger charge is -2.14. The Hall–Kier alpha value is -2.25. The fourth-order valence-corrected chi connectivity index (χ4v) is 3.98. The van der Waals surface area contributed by atoms with Crippen LogP contribution in [0.3, 0.4) is 0 Å². The SMILES string of the molecule is [2H]C([2H])([2H])c1nc(N(C)C(=O)Cc2ccc(-c3cc(F)ccc3F)cc2)sc1SC. The first-order valence-electron chi connectivity index (χ1n) is 9.46. The number of hydrogen-bond acceptors (Lipinski definition) is 4. The van der Waals surface area contributed by atoms with Crippen LogP contribution in [0.15, 0.2) is 46.7 Å². The molecule has 3 aromatic rings. The molecule has 0 saturated carbocycles. The van der Waals surface area contributed by atoms with Gasteiger partial charge >= 0.3 is 0 Å². The fraction of sp³-hybridized carbons (Fsp3) is 0.200. The molecule has 7 heteroatoms. The van der Waals surface area contributed by atoms with E-state index in [-0.39, 0.29) is 23.6 Å². The van der Waals surface area contributed by atoms with Crippen LogP contribution >= 0.6 is 23.1 Å². The molecule has 0 N–H and O–H groups in total. The van der Waals surface area contributed by atoms with Crippen LogP contribution in [0.5, 0.6) is 0 Å². The van der Waals surface area contributed by atoms with Gasteiger partial charge in [0.15, 0.2) is 5.13 Å². The predicted octanol–water partition coefficient (Wildman–Crippen LogP) is 5.32. The van der Waals surface area contributed by atoms with Crippen LogP contribution in [0, 0.1) is 18.5 Å². The van der Waals surface area contributed by atoms with Gasteiger partial charge in [0.25, 0.3) is 0 Å². The summed E-state index contributed by atoms with van der Waals surface area (Å²) in [6.07, 6.45) is 1.82. The quantitative estimate of drug-likeness (QED) is 0.537. The fourth-order valence-electron chi connectivity index (χ4n) is 2.50. The molecule has 1 aromatic heterocycles. The van der Waals surface area contributed by atoms with Crippen LogP contribution in [-0.2, 0) is 11.2 Å². The second-order valence-corrected chi connectivity index (χ2v) is 7.84. The third-order valence-electron chi connectivity index (χ3n) is 3.98. The maximum Gasteiger partial charge on any atom is 0.232 e. The summed E-state index contributed by atoms with van der Waals surface area (Å²) in [6.45, 7) is -2.35. The van der Waals surface area contributed by atoms with Crippen molar-refractivity contribution in [3.05, 3.63) is 65.4 Å². The summed E-state index contributed by atoms with van der Waals surface area (Å²) < 4.78 is 50.6. The average molecular weight is 408 g/mol. The summed E-state index contributed by atoms with van der Waals surface area (Å²) in [5.41, 5.74) is 1.33. The lowest BCUT2D eigenvalue weighted by molar-refractivity contribution is -0.117. The number of anilines is 1. The summed E-state index contributed by atoms with van der Waals surface area (Å²) in [4.78, 5) is 18.1. The highest BCUT2D eigenvalue weighted by Crippen LogP contribution is 2.32. The maximum atomic E-state index is 13.9. The number of likely N-dealkylation sites (N-methyl/N-ethyl adjacent to an activating group) is 1. The minimum absolute atomic E-state index is 0.00359. The molecule has 2 aromatic carbocycles. The number of amides is 1. The minimum atomic E-state index is -2.35. The zero-order valence-corrected chi connectivity index (χ0v) is 16.3. The highest BCUT2D eigenvalue weighted by molar-refractivity contribution is 8.00.